The van der Waals surface area contributed by atoms with E-state index in [1.165, 1.54) is 6.07 Å². The molecule has 1 aliphatic carbocycles. The SMILES string of the molecule is CC(C)c1cc(-c2nc(-c3cc(CNC(=O)C4(C(F)(F)F)CCCC4)ccc3Cl)[nH]c(=O)n2)ccc1Cl. The molecule has 4 rings (SSSR count). The van der Waals surface area contributed by atoms with E-state index < -0.39 is 23.2 Å². The molecule has 0 bridgehead atoms. The van der Waals surface area contributed by atoms with E-state index in [0.717, 1.165) is 5.56 Å². The largest absolute Gasteiger partial charge is 0.403 e. The number of rotatable bonds is 6. The summed E-state index contributed by atoms with van der Waals surface area (Å²) in [5, 5.41) is 3.29. The van der Waals surface area contributed by atoms with Crippen molar-refractivity contribution >= 4 is 29.1 Å². The summed E-state index contributed by atoms with van der Waals surface area (Å²) in [4.78, 5) is 36.0. The lowest BCUT2D eigenvalue weighted by atomic mass is 9.84. The summed E-state index contributed by atoms with van der Waals surface area (Å²) >= 11 is 12.7. The number of hydrogen-bond acceptors (Lipinski definition) is 4. The molecule has 0 radical (unpaired) electrons. The maximum Gasteiger partial charge on any atom is 0.403 e. The van der Waals surface area contributed by atoms with E-state index in [4.69, 9.17) is 23.2 Å². The third-order valence-electron chi connectivity index (χ3n) is 6.70. The van der Waals surface area contributed by atoms with Crippen LogP contribution in [0.25, 0.3) is 22.8 Å². The second kappa shape index (κ2) is 10.5. The molecule has 1 heterocycles. The lowest BCUT2D eigenvalue weighted by Gasteiger charge is -2.30. The van der Waals surface area contributed by atoms with Gasteiger partial charge in [0.05, 0.1) is 5.02 Å². The van der Waals surface area contributed by atoms with Crippen molar-refractivity contribution in [2.45, 2.75) is 58.2 Å². The van der Waals surface area contributed by atoms with Gasteiger partial charge in [-0.15, -0.1) is 0 Å². The second-order valence-electron chi connectivity index (χ2n) is 9.50. The number of amides is 1. The number of carbonyl (C=O) groups excluding carboxylic acids is 1. The first-order valence-electron chi connectivity index (χ1n) is 11.8. The Kier molecular flexibility index (Phi) is 7.67. The molecule has 0 unspecified atom stereocenters. The first kappa shape index (κ1) is 27.1. The number of benzene rings is 2. The van der Waals surface area contributed by atoms with Crippen LogP contribution in [0.5, 0.6) is 0 Å². The summed E-state index contributed by atoms with van der Waals surface area (Å²) in [5.74, 6) is -0.594. The summed E-state index contributed by atoms with van der Waals surface area (Å²) < 4.78 is 41.1. The van der Waals surface area contributed by atoms with Crippen molar-refractivity contribution in [3.63, 3.8) is 0 Å². The molecule has 0 aliphatic heterocycles. The quantitative estimate of drug-likeness (QED) is 0.357. The number of carbonyl (C=O) groups is 1. The molecule has 11 heteroatoms. The van der Waals surface area contributed by atoms with Gasteiger partial charge in [0, 0.05) is 22.7 Å². The molecular weight excluding hydrogens is 528 g/mol. The minimum absolute atomic E-state index is 0.135. The molecule has 6 nitrogen and oxygen atoms in total. The fourth-order valence-electron chi connectivity index (χ4n) is 4.60. The molecule has 3 aromatic rings. The normalized spacial score (nSPS) is 15.2. The first-order chi connectivity index (χ1) is 17.4. The van der Waals surface area contributed by atoms with Crippen LogP contribution in [0, 0.1) is 5.41 Å². The predicted molar refractivity (Wildman–Crippen MR) is 136 cm³/mol. The van der Waals surface area contributed by atoms with Crippen LogP contribution in [-0.2, 0) is 11.3 Å². The minimum Gasteiger partial charge on any atom is -0.351 e. The third-order valence-corrected chi connectivity index (χ3v) is 7.37. The lowest BCUT2D eigenvalue weighted by molar-refractivity contribution is -0.220. The fourth-order valence-corrected chi connectivity index (χ4v) is 5.14. The molecule has 1 fully saturated rings. The number of nitrogens with zero attached hydrogens (tertiary/aromatic N) is 2. The Morgan fingerprint density at radius 1 is 1.08 bits per heavy atom. The third kappa shape index (κ3) is 5.52. The maximum atomic E-state index is 13.7. The van der Waals surface area contributed by atoms with E-state index in [2.05, 4.69) is 20.3 Å². The summed E-state index contributed by atoms with van der Waals surface area (Å²) in [5.41, 5.74) is -0.698. The van der Waals surface area contributed by atoms with Crippen LogP contribution in [0.15, 0.2) is 41.2 Å². The topological polar surface area (TPSA) is 87.7 Å². The van der Waals surface area contributed by atoms with E-state index in [0.29, 0.717) is 34.6 Å². The van der Waals surface area contributed by atoms with Gasteiger partial charge in [-0.2, -0.15) is 18.2 Å². The Labute approximate surface area is 221 Å². The molecule has 1 aromatic heterocycles. The van der Waals surface area contributed by atoms with E-state index in [9.17, 15) is 22.8 Å². The highest BCUT2D eigenvalue weighted by Crippen LogP contribution is 2.50. The zero-order valence-corrected chi connectivity index (χ0v) is 21.7. The van der Waals surface area contributed by atoms with E-state index >= 15 is 0 Å². The number of alkyl halides is 3. The monoisotopic (exact) mass is 552 g/mol. The second-order valence-corrected chi connectivity index (χ2v) is 10.3. The zero-order valence-electron chi connectivity index (χ0n) is 20.2. The smallest absolute Gasteiger partial charge is 0.351 e. The Morgan fingerprint density at radius 3 is 2.41 bits per heavy atom. The van der Waals surface area contributed by atoms with Crippen LogP contribution in [0.1, 0.15) is 56.6 Å². The summed E-state index contributed by atoms with van der Waals surface area (Å²) in [7, 11) is 0. The van der Waals surface area contributed by atoms with Gasteiger partial charge in [-0.1, -0.05) is 56.0 Å². The van der Waals surface area contributed by atoms with Crippen molar-refractivity contribution in [3.8, 4) is 22.8 Å². The van der Waals surface area contributed by atoms with E-state index in [1.54, 1.807) is 24.3 Å². The van der Waals surface area contributed by atoms with Gasteiger partial charge in [-0.3, -0.25) is 9.78 Å². The van der Waals surface area contributed by atoms with Gasteiger partial charge >= 0.3 is 11.9 Å². The highest BCUT2D eigenvalue weighted by Gasteiger charge is 2.60. The molecule has 196 valence electrons. The van der Waals surface area contributed by atoms with Gasteiger partial charge in [0.15, 0.2) is 5.82 Å². The molecule has 1 saturated carbocycles. The molecule has 0 spiro atoms. The molecule has 37 heavy (non-hydrogen) atoms. The Morgan fingerprint density at radius 2 is 1.76 bits per heavy atom. The zero-order chi connectivity index (χ0) is 27.0. The van der Waals surface area contributed by atoms with Crippen molar-refractivity contribution in [2.24, 2.45) is 5.41 Å². The van der Waals surface area contributed by atoms with Crippen molar-refractivity contribution < 1.29 is 18.0 Å². The van der Waals surface area contributed by atoms with Crippen LogP contribution < -0.4 is 11.0 Å². The number of H-pyrrole nitrogens is 1. The average Bonchev–Trinajstić information content (AvgIpc) is 3.35. The number of aromatic amines is 1. The highest BCUT2D eigenvalue weighted by molar-refractivity contribution is 6.33. The molecule has 2 N–H and O–H groups in total. The van der Waals surface area contributed by atoms with Crippen LogP contribution in [0.3, 0.4) is 0 Å². The molecule has 1 amide bonds. The van der Waals surface area contributed by atoms with Crippen molar-refractivity contribution in [2.75, 3.05) is 0 Å². The van der Waals surface area contributed by atoms with Gasteiger partial charge in [0.1, 0.15) is 11.2 Å². The van der Waals surface area contributed by atoms with Gasteiger partial charge in [-0.25, -0.2) is 9.78 Å². The van der Waals surface area contributed by atoms with Crippen LogP contribution in [0.4, 0.5) is 13.2 Å². The van der Waals surface area contributed by atoms with Gasteiger partial charge in [0.2, 0.25) is 5.91 Å². The standard InChI is InChI=1S/C26H25Cl2F3N4O2/c1-14(2)17-12-16(6-8-19(17)27)21-33-22(35-24(37)34-21)18-11-15(5-7-20(18)28)13-32-23(36)25(26(29,30)31)9-3-4-10-25/h5-8,11-12,14H,3-4,9-10,13H2,1-2H3,(H,32,36)(H,33,34,35,37). The Bertz CT molecular complexity index is 1380. The molecule has 0 saturated heterocycles. The molecule has 2 aromatic carbocycles. The van der Waals surface area contributed by atoms with Gasteiger partial charge in [-0.05, 0) is 60.2 Å². The number of halogens is 5. The van der Waals surface area contributed by atoms with Crippen LogP contribution in [-0.4, -0.2) is 27.0 Å². The summed E-state index contributed by atoms with van der Waals surface area (Å²) in [6.45, 7) is 3.84. The Balaban J connectivity index is 1.63. The molecule has 1 aliphatic rings. The van der Waals surface area contributed by atoms with Crippen LogP contribution >= 0.6 is 23.2 Å². The summed E-state index contributed by atoms with van der Waals surface area (Å²) in [6, 6.07) is 9.94. The maximum absolute atomic E-state index is 13.7. The Hall–Kier alpha value is -2.91. The fraction of sp³-hybridized carbons (Fsp3) is 0.385. The van der Waals surface area contributed by atoms with Gasteiger partial charge in [0.25, 0.3) is 0 Å². The number of hydrogen-bond donors (Lipinski definition) is 2. The first-order valence-corrected chi connectivity index (χ1v) is 12.6. The van der Waals surface area contributed by atoms with Crippen LogP contribution in [0.2, 0.25) is 10.0 Å². The lowest BCUT2D eigenvalue weighted by Crippen LogP contribution is -2.48. The van der Waals surface area contributed by atoms with Crippen molar-refractivity contribution in [1.29, 1.82) is 0 Å². The van der Waals surface area contributed by atoms with E-state index in [1.807, 2.05) is 19.9 Å². The van der Waals surface area contributed by atoms with Crippen molar-refractivity contribution in [3.05, 3.63) is 68.1 Å². The molecule has 0 atom stereocenters. The summed E-state index contributed by atoms with van der Waals surface area (Å²) in [6.07, 6.45) is -4.35. The molecular formula is C26H25Cl2F3N4O2. The average molecular weight is 553 g/mol. The number of aromatic nitrogens is 3. The van der Waals surface area contributed by atoms with E-state index in [-0.39, 0.29) is 42.0 Å². The highest BCUT2D eigenvalue weighted by atomic mass is 35.5. The van der Waals surface area contributed by atoms with Gasteiger partial charge < -0.3 is 5.32 Å². The minimum atomic E-state index is -4.62. The predicted octanol–water partition coefficient (Wildman–Crippen LogP) is 6.67. The number of nitrogens with one attached hydrogen (secondary N) is 2. The van der Waals surface area contributed by atoms with Crippen molar-refractivity contribution in [1.82, 2.24) is 20.3 Å².